The zero-order valence-corrected chi connectivity index (χ0v) is 18.8. The van der Waals surface area contributed by atoms with Crippen LogP contribution >= 0.6 is 0 Å². The fourth-order valence-electron chi connectivity index (χ4n) is 4.48. The van der Waals surface area contributed by atoms with E-state index in [1.165, 1.54) is 26.5 Å². The number of hydrogen-bond donors (Lipinski definition) is 1. The molecule has 1 fully saturated rings. The average Bonchev–Trinajstić information content (AvgIpc) is 3.35. The molecule has 0 unspecified atom stereocenters. The van der Waals surface area contributed by atoms with Crippen molar-refractivity contribution in [3.63, 3.8) is 0 Å². The lowest BCUT2D eigenvalue weighted by Crippen LogP contribution is -2.55. The van der Waals surface area contributed by atoms with Crippen LogP contribution in [-0.2, 0) is 9.53 Å². The van der Waals surface area contributed by atoms with E-state index >= 15 is 0 Å². The third-order valence-electron chi connectivity index (χ3n) is 6.14. The summed E-state index contributed by atoms with van der Waals surface area (Å²) in [5, 5.41) is 3.14. The van der Waals surface area contributed by atoms with Crippen LogP contribution < -0.4 is 19.9 Å². The zero-order chi connectivity index (χ0) is 22.8. The predicted octanol–water partition coefficient (Wildman–Crippen LogP) is 2.91. The molecule has 10 nitrogen and oxygen atoms in total. The molecule has 10 heteroatoms. The molecule has 0 radical (unpaired) electrons. The van der Waals surface area contributed by atoms with E-state index in [9.17, 15) is 9.59 Å². The fraction of sp³-hybridized carbons (Fsp3) is 0.500. The molecule has 0 bridgehead atoms. The van der Waals surface area contributed by atoms with E-state index in [1.807, 2.05) is 6.92 Å². The number of nitrogens with zero attached hydrogens (tertiary/aromatic N) is 5. The Hall–Kier alpha value is -3.43. The van der Waals surface area contributed by atoms with Gasteiger partial charge in [0.2, 0.25) is 11.9 Å². The first-order valence-corrected chi connectivity index (χ1v) is 10.8. The van der Waals surface area contributed by atoms with Crippen molar-refractivity contribution in [3.8, 4) is 5.75 Å². The second kappa shape index (κ2) is 8.97. The summed E-state index contributed by atoms with van der Waals surface area (Å²) in [4.78, 5) is 42.0. The number of likely N-dealkylation sites (N-methyl/N-ethyl adjacent to an activating group) is 1. The Kier molecular flexibility index (Phi) is 6.11. The van der Waals surface area contributed by atoms with Gasteiger partial charge in [0.05, 0.1) is 26.6 Å². The number of fused-ring (bicyclic) bond motifs is 1. The van der Waals surface area contributed by atoms with Crippen LogP contribution in [0.15, 0.2) is 18.5 Å². The maximum absolute atomic E-state index is 13.0. The van der Waals surface area contributed by atoms with Crippen molar-refractivity contribution in [2.24, 2.45) is 0 Å². The van der Waals surface area contributed by atoms with Crippen LogP contribution in [0.3, 0.4) is 0 Å². The summed E-state index contributed by atoms with van der Waals surface area (Å²) in [5.41, 5.74) is 1.35. The third kappa shape index (κ3) is 3.80. The number of amides is 1. The second-order valence-electron chi connectivity index (χ2n) is 7.96. The number of carbonyl (C=O) groups is 2. The Morgan fingerprint density at radius 3 is 2.62 bits per heavy atom. The molecule has 1 aliphatic heterocycles. The Morgan fingerprint density at radius 2 is 1.97 bits per heavy atom. The number of methoxy groups -OCH3 is 2. The largest absolute Gasteiger partial charge is 0.494 e. The molecule has 0 saturated heterocycles. The molecule has 0 spiro atoms. The van der Waals surface area contributed by atoms with E-state index in [0.29, 0.717) is 29.5 Å². The first kappa shape index (κ1) is 21.8. The molecule has 1 aliphatic carbocycles. The summed E-state index contributed by atoms with van der Waals surface area (Å²) < 4.78 is 10.1. The van der Waals surface area contributed by atoms with Crippen molar-refractivity contribution in [1.82, 2.24) is 15.0 Å². The van der Waals surface area contributed by atoms with Crippen molar-refractivity contribution < 1.29 is 19.1 Å². The molecule has 2 aromatic rings. The zero-order valence-electron chi connectivity index (χ0n) is 18.8. The van der Waals surface area contributed by atoms with Crippen LogP contribution in [-0.4, -0.2) is 60.2 Å². The molecular formula is C22H28N6O4. The quantitative estimate of drug-likeness (QED) is 0.678. The highest BCUT2D eigenvalue weighted by molar-refractivity contribution is 6.04. The summed E-state index contributed by atoms with van der Waals surface area (Å²) in [7, 11) is 4.57. The number of anilines is 4. The number of hydrogen-bond acceptors (Lipinski definition) is 9. The number of aromatic nitrogens is 3. The van der Waals surface area contributed by atoms with E-state index < -0.39 is 5.97 Å². The van der Waals surface area contributed by atoms with Crippen molar-refractivity contribution in [2.45, 2.75) is 51.1 Å². The van der Waals surface area contributed by atoms with Gasteiger partial charge in [-0.1, -0.05) is 19.8 Å². The van der Waals surface area contributed by atoms with Crippen LogP contribution in [0, 0.1) is 0 Å². The Bertz CT molecular complexity index is 1020. The van der Waals surface area contributed by atoms with E-state index in [4.69, 9.17) is 14.5 Å². The van der Waals surface area contributed by atoms with Gasteiger partial charge in [0, 0.05) is 19.2 Å². The van der Waals surface area contributed by atoms with Crippen LogP contribution in [0.1, 0.15) is 49.5 Å². The highest BCUT2D eigenvalue weighted by atomic mass is 16.5. The molecule has 1 amide bonds. The normalized spacial score (nSPS) is 18.5. The first-order valence-electron chi connectivity index (χ1n) is 10.8. The predicted molar refractivity (Wildman–Crippen MR) is 120 cm³/mol. The molecule has 2 aliphatic rings. The van der Waals surface area contributed by atoms with Gasteiger partial charge in [-0.3, -0.25) is 4.79 Å². The molecular weight excluding hydrogens is 412 g/mol. The topological polar surface area (TPSA) is 110 Å². The van der Waals surface area contributed by atoms with E-state index in [0.717, 1.165) is 31.5 Å². The van der Waals surface area contributed by atoms with Gasteiger partial charge in [-0.05, 0) is 19.3 Å². The lowest BCUT2D eigenvalue weighted by atomic mass is 10.0. The van der Waals surface area contributed by atoms with Gasteiger partial charge in [-0.15, -0.1) is 0 Å². The lowest BCUT2D eigenvalue weighted by molar-refractivity contribution is -0.120. The van der Waals surface area contributed by atoms with E-state index in [2.05, 4.69) is 20.2 Å². The SMILES string of the molecule is CC[C@@H]1C(=O)N(C)c2cnc(Nc3cnc(C(=O)OC)cc3OC)nc2N1C1CCCC1. The molecule has 1 atom stereocenters. The first-order chi connectivity index (χ1) is 15.5. The number of rotatable bonds is 6. The maximum Gasteiger partial charge on any atom is 0.356 e. The maximum atomic E-state index is 13.0. The Balaban J connectivity index is 1.70. The van der Waals surface area contributed by atoms with Crippen LogP contribution in [0.25, 0.3) is 0 Å². The highest BCUT2D eigenvalue weighted by Crippen LogP contribution is 2.40. The van der Waals surface area contributed by atoms with Crippen molar-refractivity contribution in [2.75, 3.05) is 36.4 Å². The summed E-state index contributed by atoms with van der Waals surface area (Å²) in [6.45, 7) is 2.03. The Labute approximate surface area is 186 Å². The lowest BCUT2D eigenvalue weighted by Gasteiger charge is -2.43. The van der Waals surface area contributed by atoms with Gasteiger partial charge in [-0.25, -0.2) is 14.8 Å². The number of pyridine rings is 1. The number of esters is 1. The Morgan fingerprint density at radius 1 is 1.22 bits per heavy atom. The molecule has 0 aromatic carbocycles. The molecule has 170 valence electrons. The standard InChI is InChI=1S/C22H28N6O4/c1-5-16-20(29)27(2)17-12-24-22(26-19(17)28(16)13-8-6-7-9-13)25-15-11-23-14(21(30)32-4)10-18(15)31-3/h10-13,16H,5-9H2,1-4H3,(H,24,25,26)/t16-/m1/s1. The third-order valence-corrected chi connectivity index (χ3v) is 6.14. The summed E-state index contributed by atoms with van der Waals surface area (Å²) in [6, 6.07) is 1.54. The van der Waals surface area contributed by atoms with E-state index in [1.54, 1.807) is 18.1 Å². The second-order valence-corrected chi connectivity index (χ2v) is 7.96. The van der Waals surface area contributed by atoms with Gasteiger partial charge in [0.1, 0.15) is 23.2 Å². The van der Waals surface area contributed by atoms with Crippen LogP contribution in [0.2, 0.25) is 0 Å². The molecule has 2 aromatic heterocycles. The van der Waals surface area contributed by atoms with Crippen molar-refractivity contribution in [3.05, 3.63) is 24.2 Å². The number of carbonyl (C=O) groups excluding carboxylic acids is 2. The summed E-state index contributed by atoms with van der Waals surface area (Å²) >= 11 is 0. The molecule has 1 N–H and O–H groups in total. The van der Waals surface area contributed by atoms with E-state index in [-0.39, 0.29) is 23.7 Å². The molecule has 32 heavy (non-hydrogen) atoms. The van der Waals surface area contributed by atoms with Gasteiger partial charge < -0.3 is 24.6 Å². The van der Waals surface area contributed by atoms with Crippen LogP contribution in [0.5, 0.6) is 5.75 Å². The number of nitrogens with one attached hydrogen (secondary N) is 1. The molecule has 3 heterocycles. The minimum Gasteiger partial charge on any atom is -0.494 e. The van der Waals surface area contributed by atoms with Gasteiger partial charge in [0.15, 0.2) is 11.5 Å². The fourth-order valence-corrected chi connectivity index (χ4v) is 4.48. The smallest absolute Gasteiger partial charge is 0.356 e. The molecule has 1 saturated carbocycles. The van der Waals surface area contributed by atoms with Gasteiger partial charge in [-0.2, -0.15) is 4.98 Å². The molecule has 4 rings (SSSR count). The van der Waals surface area contributed by atoms with Crippen molar-refractivity contribution >= 4 is 35.0 Å². The minimum atomic E-state index is -0.551. The summed E-state index contributed by atoms with van der Waals surface area (Å²) in [5.74, 6) is 1.04. The van der Waals surface area contributed by atoms with Crippen molar-refractivity contribution in [1.29, 1.82) is 0 Å². The monoisotopic (exact) mass is 440 g/mol. The minimum absolute atomic E-state index is 0.0699. The highest BCUT2D eigenvalue weighted by Gasteiger charge is 2.41. The van der Waals surface area contributed by atoms with Gasteiger partial charge >= 0.3 is 5.97 Å². The summed E-state index contributed by atoms with van der Waals surface area (Å²) in [6.07, 6.45) is 8.26. The number of ether oxygens (including phenoxy) is 2. The van der Waals surface area contributed by atoms with Gasteiger partial charge in [0.25, 0.3) is 0 Å². The van der Waals surface area contributed by atoms with Crippen LogP contribution in [0.4, 0.5) is 23.1 Å². The average molecular weight is 441 g/mol.